The number of hydrogen-bond donors (Lipinski definition) is 2. The van der Waals surface area contributed by atoms with Gasteiger partial charge in [0.1, 0.15) is 22.9 Å². The normalized spacial score (nSPS) is 24.9. The van der Waals surface area contributed by atoms with Crippen LogP contribution in [0.2, 0.25) is 0 Å². The molecule has 3 aliphatic heterocycles. The SMILES string of the molecule is C#Cc1c(F)ccc2cc(O)cc(-c3c(C4CC4)cc4c(N5CC6CCC(C5)N6)nc(OCC5(CN6CCOC7(CC7)C6)CC5)nc4c3F)c12. The monoisotopic (exact) mass is 677 g/mol. The number of rotatable bonds is 8. The lowest BCUT2D eigenvalue weighted by Gasteiger charge is -2.35. The minimum absolute atomic E-state index is 0.0236. The largest absolute Gasteiger partial charge is 0.508 e. The van der Waals surface area contributed by atoms with Crippen molar-refractivity contribution in [1.82, 2.24) is 20.2 Å². The van der Waals surface area contributed by atoms with Gasteiger partial charge in [-0.3, -0.25) is 4.90 Å². The summed E-state index contributed by atoms with van der Waals surface area (Å²) in [7, 11) is 0. The smallest absolute Gasteiger partial charge is 0.319 e. The molecule has 3 aliphatic carbocycles. The highest BCUT2D eigenvalue weighted by atomic mass is 19.1. The summed E-state index contributed by atoms with van der Waals surface area (Å²) in [4.78, 5) is 14.6. The number of aromatic hydroxyl groups is 1. The van der Waals surface area contributed by atoms with Crippen molar-refractivity contribution in [2.75, 3.05) is 50.8 Å². The molecule has 2 N–H and O–H groups in total. The van der Waals surface area contributed by atoms with E-state index >= 15 is 8.78 Å². The summed E-state index contributed by atoms with van der Waals surface area (Å²) >= 11 is 0. The van der Waals surface area contributed by atoms with E-state index in [0.29, 0.717) is 51.8 Å². The molecule has 10 heteroatoms. The quantitative estimate of drug-likeness (QED) is 0.212. The lowest BCUT2D eigenvalue weighted by atomic mass is 9.88. The highest BCUT2D eigenvalue weighted by molar-refractivity contribution is 6.05. The fourth-order valence-corrected chi connectivity index (χ4v) is 8.96. The number of nitrogens with zero attached hydrogens (tertiary/aromatic N) is 4. The Morgan fingerprint density at radius 2 is 1.84 bits per heavy atom. The Morgan fingerprint density at radius 3 is 2.56 bits per heavy atom. The standard InChI is InChI=1S/C40H41F2N5O3/c1-2-28-32(41)8-5-24-15-27(48)16-30(33(24)28)34-29(23-3-4-23)17-31-36(35(34)42)44-38(45-37(31)47-18-25-6-7-26(19-47)43-25)49-22-39(9-10-39)20-46-13-14-50-40(21-46)11-12-40/h1,5,8,15-17,23,25-26,43,48H,3-4,6-7,9-14,18-22H2. The number of halogens is 2. The lowest BCUT2D eigenvalue weighted by molar-refractivity contribution is -0.0532. The van der Waals surface area contributed by atoms with Crippen LogP contribution in [0.5, 0.6) is 11.8 Å². The van der Waals surface area contributed by atoms with Gasteiger partial charge in [0.2, 0.25) is 0 Å². The van der Waals surface area contributed by atoms with Crippen LogP contribution in [0, 0.1) is 29.4 Å². The minimum Gasteiger partial charge on any atom is -0.508 e. The number of hydrogen-bond acceptors (Lipinski definition) is 8. The molecule has 1 aromatic heterocycles. The van der Waals surface area contributed by atoms with Gasteiger partial charge in [-0.2, -0.15) is 9.97 Å². The number of benzene rings is 3. The van der Waals surface area contributed by atoms with Gasteiger partial charge in [0.25, 0.3) is 0 Å². The fourth-order valence-electron chi connectivity index (χ4n) is 8.96. The first-order valence-electron chi connectivity index (χ1n) is 18.3. The van der Waals surface area contributed by atoms with Crippen LogP contribution in [0.3, 0.4) is 0 Å². The van der Waals surface area contributed by atoms with E-state index in [9.17, 15) is 5.11 Å². The second kappa shape index (κ2) is 11.2. The Kier molecular flexibility index (Phi) is 6.91. The molecule has 6 aliphatic rings. The van der Waals surface area contributed by atoms with E-state index in [-0.39, 0.29) is 39.8 Å². The average Bonchev–Trinajstić information content (AvgIpc) is 4.03. The second-order valence-electron chi connectivity index (χ2n) is 15.9. The molecular formula is C40H41F2N5O3. The Hall–Kier alpha value is -4.04. The number of terminal acetylenes is 1. The third-order valence-electron chi connectivity index (χ3n) is 12.1. The molecule has 0 amide bonds. The molecule has 4 heterocycles. The topological polar surface area (TPSA) is 83.0 Å². The summed E-state index contributed by atoms with van der Waals surface area (Å²) in [5, 5.41) is 16.1. The highest BCUT2D eigenvalue weighted by Crippen LogP contribution is 2.51. The van der Waals surface area contributed by atoms with Gasteiger partial charge in [0.15, 0.2) is 5.82 Å². The number of anilines is 1. The predicted molar refractivity (Wildman–Crippen MR) is 188 cm³/mol. The van der Waals surface area contributed by atoms with Crippen molar-refractivity contribution in [2.24, 2.45) is 5.41 Å². The van der Waals surface area contributed by atoms with Crippen LogP contribution in [0.4, 0.5) is 14.6 Å². The first kappa shape index (κ1) is 30.8. The van der Waals surface area contributed by atoms with Gasteiger partial charge < -0.3 is 24.8 Å². The third kappa shape index (κ3) is 5.28. The molecule has 2 bridgehead atoms. The minimum atomic E-state index is -0.562. The Labute approximate surface area is 290 Å². The molecule has 3 saturated heterocycles. The van der Waals surface area contributed by atoms with Crippen molar-refractivity contribution >= 4 is 27.5 Å². The zero-order valence-corrected chi connectivity index (χ0v) is 28.1. The Balaban J connectivity index is 1.09. The van der Waals surface area contributed by atoms with E-state index < -0.39 is 11.6 Å². The third-order valence-corrected chi connectivity index (χ3v) is 12.1. The Morgan fingerprint density at radius 1 is 1.04 bits per heavy atom. The van der Waals surface area contributed by atoms with Crippen LogP contribution in [-0.2, 0) is 4.74 Å². The second-order valence-corrected chi connectivity index (χ2v) is 15.9. The van der Waals surface area contributed by atoms with Gasteiger partial charge in [-0.25, -0.2) is 8.78 Å². The number of fused-ring (bicyclic) bond motifs is 4. The van der Waals surface area contributed by atoms with Crippen molar-refractivity contribution in [2.45, 2.75) is 75.0 Å². The van der Waals surface area contributed by atoms with E-state index in [4.69, 9.17) is 25.9 Å². The van der Waals surface area contributed by atoms with Crippen LogP contribution >= 0.6 is 0 Å². The summed E-state index contributed by atoms with van der Waals surface area (Å²) in [6.45, 7) is 5.63. The van der Waals surface area contributed by atoms with Crippen LogP contribution in [0.15, 0.2) is 30.3 Å². The molecule has 2 atom stereocenters. The van der Waals surface area contributed by atoms with Gasteiger partial charge >= 0.3 is 6.01 Å². The van der Waals surface area contributed by atoms with Crippen LogP contribution < -0.4 is 15.0 Å². The first-order valence-corrected chi connectivity index (χ1v) is 18.3. The Bertz CT molecular complexity index is 2090. The van der Waals surface area contributed by atoms with Crippen LogP contribution in [0.25, 0.3) is 32.8 Å². The van der Waals surface area contributed by atoms with E-state index in [1.54, 1.807) is 6.07 Å². The van der Waals surface area contributed by atoms with Gasteiger partial charge in [-0.1, -0.05) is 12.0 Å². The number of ether oxygens (including phenoxy) is 2. The molecule has 258 valence electrons. The van der Waals surface area contributed by atoms with Gasteiger partial charge in [0, 0.05) is 66.6 Å². The first-order chi connectivity index (χ1) is 24.3. The van der Waals surface area contributed by atoms with Crippen LogP contribution in [0.1, 0.15) is 68.4 Å². The molecule has 10 rings (SSSR count). The molecule has 2 unspecified atom stereocenters. The molecule has 1 spiro atoms. The average molecular weight is 678 g/mol. The maximum Gasteiger partial charge on any atom is 0.319 e. The molecule has 4 aromatic rings. The molecule has 6 fully saturated rings. The summed E-state index contributed by atoms with van der Waals surface area (Å²) < 4.78 is 45.2. The van der Waals surface area contributed by atoms with Gasteiger partial charge in [0.05, 0.1) is 24.4 Å². The summed E-state index contributed by atoms with van der Waals surface area (Å²) in [6, 6.07) is 8.81. The maximum atomic E-state index is 17.5. The van der Waals surface area contributed by atoms with Gasteiger partial charge in [-0.05, 0) is 98.1 Å². The number of aromatic nitrogens is 2. The number of piperazine rings is 1. The highest BCUT2D eigenvalue weighted by Gasteiger charge is 2.51. The molecule has 3 saturated carbocycles. The predicted octanol–water partition coefficient (Wildman–Crippen LogP) is 6.26. The van der Waals surface area contributed by atoms with Crippen molar-refractivity contribution in [3.63, 3.8) is 0 Å². The zero-order chi connectivity index (χ0) is 33.8. The van der Waals surface area contributed by atoms with E-state index in [1.807, 2.05) is 6.07 Å². The van der Waals surface area contributed by atoms with Crippen LogP contribution in [-0.4, -0.2) is 83.6 Å². The summed E-state index contributed by atoms with van der Waals surface area (Å²) in [6.07, 6.45) is 14.3. The number of phenolic OH excluding ortho intramolecular Hbond substituents is 1. The molecule has 0 radical (unpaired) electrons. The molecule has 3 aromatic carbocycles. The summed E-state index contributed by atoms with van der Waals surface area (Å²) in [5.41, 5.74) is 1.78. The number of nitrogens with one attached hydrogen (secondary N) is 1. The van der Waals surface area contributed by atoms with Crippen molar-refractivity contribution in [3.8, 4) is 35.2 Å². The fraction of sp³-hybridized carbons (Fsp3) is 0.500. The van der Waals surface area contributed by atoms with E-state index in [1.165, 1.54) is 18.2 Å². The lowest BCUT2D eigenvalue weighted by Crippen LogP contribution is -2.51. The van der Waals surface area contributed by atoms with Gasteiger partial charge in [-0.15, -0.1) is 6.42 Å². The van der Waals surface area contributed by atoms with E-state index in [2.05, 4.69) is 21.0 Å². The van der Waals surface area contributed by atoms with Crippen molar-refractivity contribution < 1.29 is 23.4 Å². The molecule has 8 nitrogen and oxygen atoms in total. The number of phenols is 1. The molecular weight excluding hydrogens is 636 g/mol. The number of morpholine rings is 1. The van der Waals surface area contributed by atoms with Crippen molar-refractivity contribution in [3.05, 3.63) is 53.1 Å². The molecule has 50 heavy (non-hydrogen) atoms. The maximum absolute atomic E-state index is 17.5. The van der Waals surface area contributed by atoms with E-state index in [0.717, 1.165) is 96.3 Å². The zero-order valence-electron chi connectivity index (χ0n) is 28.1. The summed E-state index contributed by atoms with van der Waals surface area (Å²) in [5.74, 6) is 2.17. The van der Waals surface area contributed by atoms with Crippen molar-refractivity contribution in [1.29, 1.82) is 0 Å².